The van der Waals surface area contributed by atoms with Crippen LogP contribution in [0.5, 0.6) is 0 Å². The molecule has 2 rings (SSSR count). The second-order valence-electron chi connectivity index (χ2n) is 14.1. The Bertz CT molecular complexity index is 1660. The SMILES string of the molecule is O=C(O)CCC(NC(=O)NC(CCCCNC(=S)Nc1ccc(CC2CN(CC(=O)O)CCN(CC(=O)O)CCN(CC(=O)O)CCN2CC(=O)O)cc1)C(=O)O)C(=O)O.[68Ga]. The topological polar surface area (TPSA) is 339 Å². The number of carbonyl (C=O) groups excluding carboxylic acids is 1. The summed E-state index contributed by atoms with van der Waals surface area (Å²) in [4.78, 5) is 99.6. The van der Waals surface area contributed by atoms with Crippen LogP contribution in [0.1, 0.15) is 37.7 Å². The first kappa shape index (κ1) is 54.0. The molecule has 3 atom stereocenters. The summed E-state index contributed by atoms with van der Waals surface area (Å²) in [5, 5.41) is 76.5. The molecular formula is C36H54GaN8O15S. The van der Waals surface area contributed by atoms with E-state index in [1.807, 2.05) is 0 Å². The number of thiocarbonyl (C=S) groups is 1. The second-order valence-corrected chi connectivity index (χ2v) is 14.5. The van der Waals surface area contributed by atoms with Crippen LogP contribution in [0.3, 0.4) is 0 Å². The zero-order valence-electron chi connectivity index (χ0n) is 33.4. The smallest absolute Gasteiger partial charge is 0.326 e. The van der Waals surface area contributed by atoms with E-state index in [-0.39, 0.29) is 110 Å². The van der Waals surface area contributed by atoms with Gasteiger partial charge in [-0.15, -0.1) is 0 Å². The number of hydrogen-bond donors (Lipinski definition) is 11. The molecule has 25 heteroatoms. The molecule has 1 aliphatic rings. The Morgan fingerprint density at radius 2 is 1.10 bits per heavy atom. The minimum atomic E-state index is -1.52. The van der Waals surface area contributed by atoms with E-state index in [9.17, 15) is 69.0 Å². The van der Waals surface area contributed by atoms with E-state index in [1.165, 1.54) is 0 Å². The first-order valence-corrected chi connectivity index (χ1v) is 19.4. The zero-order valence-corrected chi connectivity index (χ0v) is 36.7. The van der Waals surface area contributed by atoms with Crippen molar-refractivity contribution >= 4 is 90.6 Å². The number of aliphatic carboxylic acids is 7. The number of nitrogens with one attached hydrogen (secondary N) is 4. The number of carbonyl (C=O) groups is 8. The Morgan fingerprint density at radius 3 is 1.59 bits per heavy atom. The van der Waals surface area contributed by atoms with Gasteiger partial charge in [0.15, 0.2) is 5.11 Å². The standard InChI is InChI=1S/C36H54N8O15S.Ga/c45-28(46)9-8-27(34(57)58)40-35(59)39-26(33(55)56)3-1-2-10-37-36(60)38-24-6-4-23(5-7-24)17-25-18-43(21-31(51)52)14-13-41(19-29(47)48)11-12-42(20-30(49)50)15-16-44(25)22-32(53)54;/h4-7,25-27H,1-3,8-22H2,(H,45,46)(H,47,48)(H,49,50)(H,51,52)(H,53,54)(H,55,56)(H,57,58)(H2,37,38,60)(H2,39,40,59);/i;1-2. The summed E-state index contributed by atoms with van der Waals surface area (Å²) in [5.41, 5.74) is 1.36. The summed E-state index contributed by atoms with van der Waals surface area (Å²) < 4.78 is 0. The van der Waals surface area contributed by atoms with E-state index < -0.39 is 78.9 Å². The fraction of sp³-hybridized carbons (Fsp3) is 0.583. The number of unbranched alkanes of at least 4 members (excludes halogenated alkanes) is 1. The molecule has 1 aromatic carbocycles. The molecule has 1 heterocycles. The van der Waals surface area contributed by atoms with E-state index in [2.05, 4.69) is 21.3 Å². The minimum Gasteiger partial charge on any atom is -0.481 e. The van der Waals surface area contributed by atoms with Gasteiger partial charge in [-0.05, 0) is 62.0 Å². The van der Waals surface area contributed by atoms with Crippen molar-refractivity contribution in [1.29, 1.82) is 0 Å². The van der Waals surface area contributed by atoms with Crippen molar-refractivity contribution in [2.45, 2.75) is 56.7 Å². The van der Waals surface area contributed by atoms with E-state index in [0.717, 1.165) is 5.56 Å². The second kappa shape index (κ2) is 28.5. The number of carboxylic acids is 7. The molecule has 3 unspecified atom stereocenters. The Kier molecular flexibility index (Phi) is 25.2. The molecule has 3 radical (unpaired) electrons. The van der Waals surface area contributed by atoms with Crippen molar-refractivity contribution < 1.29 is 74.1 Å². The van der Waals surface area contributed by atoms with Crippen molar-refractivity contribution in [2.24, 2.45) is 0 Å². The molecule has 23 nitrogen and oxygen atoms in total. The molecule has 1 saturated heterocycles. The van der Waals surface area contributed by atoms with E-state index in [4.69, 9.17) is 17.3 Å². The number of urea groups is 1. The quantitative estimate of drug-likeness (QED) is 0.0331. The molecule has 2 amide bonds. The number of carboxylic acid groups (broad SMARTS) is 7. The van der Waals surface area contributed by atoms with Gasteiger partial charge in [0.25, 0.3) is 0 Å². The average Bonchev–Trinajstić information content (AvgIpc) is 3.14. The van der Waals surface area contributed by atoms with Crippen LogP contribution >= 0.6 is 12.2 Å². The Labute approximate surface area is 369 Å². The Morgan fingerprint density at radius 1 is 0.623 bits per heavy atom. The molecule has 1 fully saturated rings. The van der Waals surface area contributed by atoms with Gasteiger partial charge in [0, 0.05) is 90.3 Å². The number of benzene rings is 1. The van der Waals surface area contributed by atoms with Gasteiger partial charge >= 0.3 is 47.8 Å². The van der Waals surface area contributed by atoms with Gasteiger partial charge in [0.05, 0.1) is 26.2 Å². The van der Waals surface area contributed by atoms with E-state index in [0.29, 0.717) is 25.1 Å². The third-order valence-electron chi connectivity index (χ3n) is 9.31. The predicted molar refractivity (Wildman–Crippen MR) is 221 cm³/mol. The molecule has 0 spiro atoms. The number of nitrogens with zero attached hydrogens (tertiary/aromatic N) is 4. The molecule has 1 aromatic rings. The van der Waals surface area contributed by atoms with Crippen molar-refractivity contribution in [3.05, 3.63) is 29.8 Å². The summed E-state index contributed by atoms with van der Waals surface area (Å²) in [6.07, 6.45) is 0.137. The minimum absolute atomic E-state index is 0. The van der Waals surface area contributed by atoms with E-state index >= 15 is 0 Å². The number of rotatable bonds is 23. The molecule has 0 aliphatic carbocycles. The van der Waals surface area contributed by atoms with Crippen LogP contribution in [0.4, 0.5) is 10.5 Å². The summed E-state index contributed by atoms with van der Waals surface area (Å²) in [6, 6.07) is 2.56. The van der Waals surface area contributed by atoms with Gasteiger partial charge in [0.2, 0.25) is 0 Å². The third-order valence-corrected chi connectivity index (χ3v) is 9.56. The van der Waals surface area contributed by atoms with Crippen LogP contribution in [-0.2, 0) is 40.0 Å². The molecule has 0 saturated carbocycles. The number of anilines is 1. The fourth-order valence-electron chi connectivity index (χ4n) is 6.34. The monoisotopic (exact) mass is 938 g/mol. The van der Waals surface area contributed by atoms with Crippen molar-refractivity contribution in [3.63, 3.8) is 0 Å². The van der Waals surface area contributed by atoms with Crippen molar-refractivity contribution in [1.82, 2.24) is 35.6 Å². The molecule has 0 aromatic heterocycles. The van der Waals surface area contributed by atoms with Gasteiger partial charge in [-0.2, -0.15) is 0 Å². The molecule has 1 aliphatic heterocycles. The van der Waals surface area contributed by atoms with Gasteiger partial charge in [-0.1, -0.05) is 12.1 Å². The molecule has 61 heavy (non-hydrogen) atoms. The van der Waals surface area contributed by atoms with Gasteiger partial charge in [-0.25, -0.2) is 14.4 Å². The number of amides is 2. The first-order valence-electron chi connectivity index (χ1n) is 19.0. The molecule has 0 bridgehead atoms. The Hall–Kier alpha value is -5.05. The van der Waals surface area contributed by atoms with Crippen LogP contribution in [0.25, 0.3) is 0 Å². The molecule has 337 valence electrons. The third kappa shape index (κ3) is 23.5. The van der Waals surface area contributed by atoms with Gasteiger partial charge in [0.1, 0.15) is 12.1 Å². The van der Waals surface area contributed by atoms with Gasteiger partial charge in [-0.3, -0.25) is 43.6 Å². The van der Waals surface area contributed by atoms with Crippen molar-refractivity contribution in [2.75, 3.05) is 83.9 Å². The predicted octanol–water partition coefficient (Wildman–Crippen LogP) is -1.70. The largest absolute Gasteiger partial charge is 0.481 e. The summed E-state index contributed by atoms with van der Waals surface area (Å²) in [6.45, 7) is 0.00318. The maximum atomic E-state index is 12.2. The first-order chi connectivity index (χ1) is 28.3. The van der Waals surface area contributed by atoms with Crippen LogP contribution in [0.2, 0.25) is 0 Å². The number of hydrogen-bond acceptors (Lipinski definition) is 13. The van der Waals surface area contributed by atoms with Gasteiger partial charge < -0.3 is 57.0 Å². The Balaban J connectivity index is 0.0000186. The van der Waals surface area contributed by atoms with E-state index in [1.54, 1.807) is 43.9 Å². The average molecular weight is 939 g/mol. The van der Waals surface area contributed by atoms with Crippen LogP contribution in [0.15, 0.2) is 24.3 Å². The summed E-state index contributed by atoms with van der Waals surface area (Å²) in [7, 11) is 0. The summed E-state index contributed by atoms with van der Waals surface area (Å²) >= 11 is 5.38. The van der Waals surface area contributed by atoms with Crippen LogP contribution in [0, 0.1) is 0 Å². The van der Waals surface area contributed by atoms with Crippen LogP contribution < -0.4 is 21.3 Å². The maximum absolute atomic E-state index is 12.2. The molecular weight excluding hydrogens is 884 g/mol. The van der Waals surface area contributed by atoms with Crippen molar-refractivity contribution in [3.8, 4) is 0 Å². The zero-order chi connectivity index (χ0) is 44.8. The fourth-order valence-corrected chi connectivity index (χ4v) is 6.56. The molecule has 11 N–H and O–H groups in total. The normalized spacial score (nSPS) is 16.8. The maximum Gasteiger partial charge on any atom is 0.326 e. The summed E-state index contributed by atoms with van der Waals surface area (Å²) in [5.74, 6) is -8.50. The van der Waals surface area contributed by atoms with Crippen LogP contribution in [-0.4, -0.2) is 225 Å².